The lowest BCUT2D eigenvalue weighted by atomic mass is 9.93. The fraction of sp³-hybridized carbons (Fsp3) is 0.391. The van der Waals surface area contributed by atoms with Crippen LogP contribution in [0.2, 0.25) is 0 Å². The van der Waals surface area contributed by atoms with Crippen LogP contribution in [0.3, 0.4) is 0 Å². The molecule has 6 heteroatoms. The topological polar surface area (TPSA) is 76.7 Å². The molecule has 2 amide bonds. The number of hydrogen-bond acceptors (Lipinski definition) is 4. The van der Waals surface area contributed by atoms with Gasteiger partial charge in [-0.2, -0.15) is 0 Å². The smallest absolute Gasteiger partial charge is 0.239 e. The molecule has 1 aliphatic rings. The summed E-state index contributed by atoms with van der Waals surface area (Å²) in [6.07, 6.45) is 2.72. The van der Waals surface area contributed by atoms with E-state index in [2.05, 4.69) is 10.6 Å². The molecular formula is C23H28N2O4. The third-order valence-electron chi connectivity index (χ3n) is 5.16. The third kappa shape index (κ3) is 5.73. The summed E-state index contributed by atoms with van der Waals surface area (Å²) in [5, 5.41) is 5.64. The molecule has 0 bridgehead atoms. The average Bonchev–Trinajstić information content (AvgIpc) is 3.58. The van der Waals surface area contributed by atoms with Crippen molar-refractivity contribution in [3.63, 3.8) is 0 Å². The van der Waals surface area contributed by atoms with Crippen molar-refractivity contribution >= 4 is 11.8 Å². The number of nitrogens with one attached hydrogen (secondary N) is 2. The van der Waals surface area contributed by atoms with Crippen molar-refractivity contribution in [1.82, 2.24) is 10.6 Å². The fourth-order valence-electron chi connectivity index (χ4n) is 3.48. The summed E-state index contributed by atoms with van der Waals surface area (Å²) in [4.78, 5) is 24.8. The molecule has 0 radical (unpaired) electrons. The second kappa shape index (κ2) is 9.96. The monoisotopic (exact) mass is 396 g/mol. The maximum atomic E-state index is 12.7. The minimum Gasteiger partial charge on any atom is -0.497 e. The predicted octanol–water partition coefficient (Wildman–Crippen LogP) is 2.67. The molecule has 1 aliphatic carbocycles. The van der Waals surface area contributed by atoms with Gasteiger partial charge < -0.3 is 20.1 Å². The van der Waals surface area contributed by atoms with E-state index in [-0.39, 0.29) is 24.3 Å². The van der Waals surface area contributed by atoms with Gasteiger partial charge >= 0.3 is 0 Å². The number of benzene rings is 2. The summed E-state index contributed by atoms with van der Waals surface area (Å²) in [6, 6.07) is 15.4. The minimum atomic E-state index is -0.206. The molecule has 1 saturated carbocycles. The molecule has 154 valence electrons. The van der Waals surface area contributed by atoms with Gasteiger partial charge in [0.2, 0.25) is 11.8 Å². The zero-order chi connectivity index (χ0) is 20.6. The molecule has 3 rings (SSSR count). The Labute approximate surface area is 171 Å². The largest absolute Gasteiger partial charge is 0.497 e. The van der Waals surface area contributed by atoms with Gasteiger partial charge in [0.05, 0.1) is 26.7 Å². The number of rotatable bonds is 10. The second-order valence-corrected chi connectivity index (χ2v) is 7.22. The molecule has 1 unspecified atom stereocenters. The van der Waals surface area contributed by atoms with Crippen LogP contribution >= 0.6 is 0 Å². The molecule has 2 N–H and O–H groups in total. The quantitative estimate of drug-likeness (QED) is 0.647. The molecule has 0 aliphatic heterocycles. The van der Waals surface area contributed by atoms with E-state index in [4.69, 9.17) is 9.47 Å². The molecule has 2 aromatic rings. The highest BCUT2D eigenvalue weighted by atomic mass is 16.5. The van der Waals surface area contributed by atoms with Gasteiger partial charge in [0.1, 0.15) is 11.5 Å². The summed E-state index contributed by atoms with van der Waals surface area (Å²) >= 11 is 0. The highest BCUT2D eigenvalue weighted by Gasteiger charge is 2.37. The maximum Gasteiger partial charge on any atom is 0.239 e. The van der Waals surface area contributed by atoms with Gasteiger partial charge in [-0.05, 0) is 54.5 Å². The van der Waals surface area contributed by atoms with Crippen molar-refractivity contribution in [3.05, 3.63) is 59.7 Å². The zero-order valence-electron chi connectivity index (χ0n) is 16.9. The number of ether oxygens (including phenoxy) is 2. The van der Waals surface area contributed by atoms with Gasteiger partial charge in [-0.15, -0.1) is 0 Å². The first kappa shape index (κ1) is 20.7. The number of amides is 2. The predicted molar refractivity (Wildman–Crippen MR) is 111 cm³/mol. The Bertz CT molecular complexity index is 834. The van der Waals surface area contributed by atoms with Crippen molar-refractivity contribution < 1.29 is 19.1 Å². The Morgan fingerprint density at radius 3 is 2.45 bits per heavy atom. The van der Waals surface area contributed by atoms with Crippen molar-refractivity contribution in [2.24, 2.45) is 5.92 Å². The summed E-state index contributed by atoms with van der Waals surface area (Å²) < 4.78 is 10.6. The molecule has 0 aromatic heterocycles. The first-order valence-corrected chi connectivity index (χ1v) is 9.92. The van der Waals surface area contributed by atoms with E-state index in [1.807, 2.05) is 48.5 Å². The van der Waals surface area contributed by atoms with Crippen molar-refractivity contribution in [3.8, 4) is 11.5 Å². The van der Waals surface area contributed by atoms with E-state index in [0.29, 0.717) is 18.9 Å². The number of carbonyl (C=O) groups is 2. The Morgan fingerprint density at radius 1 is 1.03 bits per heavy atom. The van der Waals surface area contributed by atoms with Gasteiger partial charge in [0.25, 0.3) is 0 Å². The molecule has 6 nitrogen and oxygen atoms in total. The van der Waals surface area contributed by atoms with E-state index in [0.717, 1.165) is 35.5 Å². The van der Waals surface area contributed by atoms with Crippen LogP contribution in [0.25, 0.3) is 0 Å². The minimum absolute atomic E-state index is 0.0237. The average molecular weight is 396 g/mol. The zero-order valence-corrected chi connectivity index (χ0v) is 16.9. The normalized spacial score (nSPS) is 14.0. The van der Waals surface area contributed by atoms with E-state index in [1.165, 1.54) is 0 Å². The number of carbonyl (C=O) groups excluding carboxylic acids is 2. The molecule has 0 saturated heterocycles. The Kier molecular flexibility index (Phi) is 7.11. The van der Waals surface area contributed by atoms with E-state index < -0.39 is 0 Å². The molecule has 0 spiro atoms. The number of methoxy groups -OCH3 is 2. The van der Waals surface area contributed by atoms with Crippen LogP contribution in [0.1, 0.15) is 29.9 Å². The van der Waals surface area contributed by atoms with Crippen LogP contribution in [0.4, 0.5) is 0 Å². The summed E-state index contributed by atoms with van der Waals surface area (Å²) in [5.74, 6) is 1.41. The first-order valence-electron chi connectivity index (χ1n) is 9.92. The third-order valence-corrected chi connectivity index (χ3v) is 5.16. The summed E-state index contributed by atoms with van der Waals surface area (Å²) in [5.41, 5.74) is 1.96. The van der Waals surface area contributed by atoms with Crippen LogP contribution in [0.5, 0.6) is 11.5 Å². The second-order valence-electron chi connectivity index (χ2n) is 7.22. The van der Waals surface area contributed by atoms with Gasteiger partial charge in [-0.25, -0.2) is 0 Å². The van der Waals surface area contributed by atoms with Crippen molar-refractivity contribution in [2.75, 3.05) is 27.3 Å². The molecule has 1 atom stereocenters. The van der Waals surface area contributed by atoms with E-state index in [1.54, 1.807) is 14.2 Å². The summed E-state index contributed by atoms with van der Waals surface area (Å²) in [7, 11) is 3.23. The van der Waals surface area contributed by atoms with E-state index in [9.17, 15) is 9.59 Å². The lowest BCUT2D eigenvalue weighted by molar-refractivity contribution is -0.127. The van der Waals surface area contributed by atoms with Crippen molar-refractivity contribution in [2.45, 2.75) is 25.2 Å². The van der Waals surface area contributed by atoms with Gasteiger partial charge in [-0.3, -0.25) is 9.59 Å². The number of hydrogen-bond donors (Lipinski definition) is 2. The first-order chi connectivity index (χ1) is 14.1. The van der Waals surface area contributed by atoms with Crippen LogP contribution < -0.4 is 20.1 Å². The van der Waals surface area contributed by atoms with Gasteiger partial charge in [0, 0.05) is 6.54 Å². The fourth-order valence-corrected chi connectivity index (χ4v) is 3.48. The molecule has 2 aromatic carbocycles. The Hall–Kier alpha value is -3.02. The SMILES string of the molecule is COc1ccc(OC)c(CCNC(=O)CNC(=O)C(c2ccccc2)C2CC2)c1. The Morgan fingerprint density at radius 2 is 1.79 bits per heavy atom. The van der Waals surface area contributed by atoms with Crippen LogP contribution in [-0.2, 0) is 16.0 Å². The van der Waals surface area contributed by atoms with Gasteiger partial charge in [-0.1, -0.05) is 30.3 Å². The van der Waals surface area contributed by atoms with E-state index >= 15 is 0 Å². The summed E-state index contributed by atoms with van der Waals surface area (Å²) in [6.45, 7) is 0.424. The van der Waals surface area contributed by atoms with Crippen molar-refractivity contribution in [1.29, 1.82) is 0 Å². The molecule has 1 fully saturated rings. The van der Waals surface area contributed by atoms with Crippen LogP contribution in [-0.4, -0.2) is 39.1 Å². The standard InChI is InChI=1S/C23H28N2O4/c1-28-19-10-11-20(29-2)18(14-19)12-13-24-21(26)15-25-23(27)22(17-8-9-17)16-6-4-3-5-7-16/h3-7,10-11,14,17,22H,8-9,12-13,15H2,1-2H3,(H,24,26)(H,25,27). The Balaban J connectivity index is 1.47. The maximum absolute atomic E-state index is 12.7. The van der Waals surface area contributed by atoms with Crippen LogP contribution in [0, 0.1) is 5.92 Å². The lowest BCUT2D eigenvalue weighted by Crippen LogP contribution is -2.40. The molecule has 0 heterocycles. The highest BCUT2D eigenvalue weighted by molar-refractivity contribution is 5.88. The van der Waals surface area contributed by atoms with Gasteiger partial charge in [0.15, 0.2) is 0 Å². The highest BCUT2D eigenvalue weighted by Crippen LogP contribution is 2.42. The molecular weight excluding hydrogens is 368 g/mol. The molecule has 29 heavy (non-hydrogen) atoms. The lowest BCUT2D eigenvalue weighted by Gasteiger charge is -2.16. The van der Waals surface area contributed by atoms with Crippen LogP contribution in [0.15, 0.2) is 48.5 Å².